The Morgan fingerprint density at radius 1 is 1.05 bits per heavy atom. The van der Waals surface area contributed by atoms with Gasteiger partial charge in [-0.15, -0.1) is 0 Å². The predicted octanol–water partition coefficient (Wildman–Crippen LogP) is 3.80. The fourth-order valence-corrected chi connectivity index (χ4v) is 3.57. The third kappa shape index (κ3) is 2.01. The van der Waals surface area contributed by atoms with Crippen molar-refractivity contribution >= 4 is 10.9 Å². The number of nitrogens with one attached hydrogen (secondary N) is 2. The first-order valence-electron chi connectivity index (χ1n) is 7.76. The summed E-state index contributed by atoms with van der Waals surface area (Å²) in [6.07, 6.45) is 1.05. The average molecular weight is 292 g/mol. The van der Waals surface area contributed by atoms with Crippen molar-refractivity contribution in [2.24, 2.45) is 0 Å². The number of H-pyrrole nitrogens is 1. The lowest BCUT2D eigenvalue weighted by Crippen LogP contribution is -2.37. The Hall–Kier alpha value is -2.26. The minimum atomic E-state index is 0.141. The van der Waals surface area contributed by atoms with Crippen LogP contribution in [-0.2, 0) is 6.42 Å². The minimum absolute atomic E-state index is 0.141. The van der Waals surface area contributed by atoms with Gasteiger partial charge in [-0.1, -0.05) is 36.4 Å². The van der Waals surface area contributed by atoms with E-state index in [1.807, 2.05) is 12.1 Å². The molecular formula is C19H20N2O. The van der Waals surface area contributed by atoms with Gasteiger partial charge in [0.1, 0.15) is 5.75 Å². The number of benzene rings is 2. The van der Waals surface area contributed by atoms with Crippen LogP contribution in [0.15, 0.2) is 48.5 Å². The van der Waals surface area contributed by atoms with Gasteiger partial charge in [-0.05, 0) is 31.0 Å². The maximum Gasteiger partial charge on any atom is 0.124 e. The zero-order valence-electron chi connectivity index (χ0n) is 12.9. The van der Waals surface area contributed by atoms with Gasteiger partial charge in [0.15, 0.2) is 0 Å². The zero-order valence-corrected chi connectivity index (χ0v) is 12.9. The fraction of sp³-hybridized carbons (Fsp3) is 0.263. The largest absolute Gasteiger partial charge is 0.496 e. The molecule has 22 heavy (non-hydrogen) atoms. The van der Waals surface area contributed by atoms with E-state index in [1.54, 1.807) is 7.11 Å². The van der Waals surface area contributed by atoms with E-state index in [1.165, 1.54) is 27.7 Å². The van der Waals surface area contributed by atoms with Gasteiger partial charge in [0.25, 0.3) is 0 Å². The number of fused-ring (bicyclic) bond motifs is 3. The second-order valence-corrected chi connectivity index (χ2v) is 6.01. The van der Waals surface area contributed by atoms with E-state index in [2.05, 4.69) is 53.6 Å². The van der Waals surface area contributed by atoms with Crippen LogP contribution in [-0.4, -0.2) is 18.1 Å². The van der Waals surface area contributed by atoms with E-state index >= 15 is 0 Å². The molecule has 4 rings (SSSR count). The van der Waals surface area contributed by atoms with Gasteiger partial charge in [-0.2, -0.15) is 0 Å². The lowest BCUT2D eigenvalue weighted by atomic mass is 9.90. The summed E-state index contributed by atoms with van der Waals surface area (Å²) in [5.41, 5.74) is 5.09. The number of aromatic nitrogens is 1. The summed E-state index contributed by atoms with van der Waals surface area (Å²) in [5.74, 6) is 0.929. The zero-order chi connectivity index (χ0) is 15.1. The van der Waals surface area contributed by atoms with Crippen LogP contribution in [0.4, 0.5) is 0 Å². The van der Waals surface area contributed by atoms with Crippen LogP contribution < -0.4 is 10.1 Å². The molecule has 0 amide bonds. The number of ether oxygens (including phenoxy) is 1. The molecule has 2 heterocycles. The molecule has 0 saturated carbocycles. The molecule has 3 aromatic rings. The third-order valence-corrected chi connectivity index (χ3v) is 4.55. The lowest BCUT2D eigenvalue weighted by molar-refractivity contribution is 0.393. The van der Waals surface area contributed by atoms with Crippen molar-refractivity contribution in [2.45, 2.75) is 25.4 Å². The normalized spacial score (nSPS) is 20.8. The molecule has 0 spiro atoms. The second kappa shape index (κ2) is 5.18. The third-order valence-electron chi connectivity index (χ3n) is 4.55. The van der Waals surface area contributed by atoms with E-state index in [0.717, 1.165) is 12.2 Å². The van der Waals surface area contributed by atoms with Crippen molar-refractivity contribution in [1.29, 1.82) is 0 Å². The van der Waals surface area contributed by atoms with Crippen molar-refractivity contribution in [1.82, 2.24) is 10.3 Å². The van der Waals surface area contributed by atoms with E-state index in [4.69, 9.17) is 4.74 Å². The van der Waals surface area contributed by atoms with Gasteiger partial charge >= 0.3 is 0 Å². The quantitative estimate of drug-likeness (QED) is 0.754. The number of hydrogen-bond acceptors (Lipinski definition) is 2. The van der Waals surface area contributed by atoms with Crippen LogP contribution in [0.5, 0.6) is 5.75 Å². The number of methoxy groups -OCH3 is 1. The standard InChI is InChI=1S/C19H20N2O/c1-12-11-15-13-7-3-5-9-16(13)21-19(15)18(20-12)14-8-4-6-10-17(14)22-2/h3-10,12,18,20-21H,11H2,1-2H3/t12-,18+/m0/s1. The first kappa shape index (κ1) is 13.4. The first-order chi connectivity index (χ1) is 10.8. The Balaban J connectivity index is 1.92. The van der Waals surface area contributed by atoms with Crippen LogP contribution in [0.2, 0.25) is 0 Å². The molecule has 2 N–H and O–H groups in total. The second-order valence-electron chi connectivity index (χ2n) is 6.01. The lowest BCUT2D eigenvalue weighted by Gasteiger charge is -2.30. The van der Waals surface area contributed by atoms with Crippen LogP contribution in [0, 0.1) is 0 Å². The molecule has 0 aliphatic carbocycles. The van der Waals surface area contributed by atoms with Crippen molar-refractivity contribution in [2.75, 3.05) is 7.11 Å². The Labute approximate surface area is 130 Å². The Bertz CT molecular complexity index is 821. The summed E-state index contributed by atoms with van der Waals surface area (Å²) in [5, 5.41) is 5.05. The molecule has 3 heteroatoms. The van der Waals surface area contributed by atoms with Crippen molar-refractivity contribution in [3.63, 3.8) is 0 Å². The van der Waals surface area contributed by atoms with Crippen molar-refractivity contribution < 1.29 is 4.74 Å². The molecule has 2 atom stereocenters. The van der Waals surface area contributed by atoms with Gasteiger partial charge in [-0.25, -0.2) is 0 Å². The molecule has 2 aromatic carbocycles. The highest BCUT2D eigenvalue weighted by molar-refractivity contribution is 5.85. The highest BCUT2D eigenvalue weighted by Crippen LogP contribution is 2.37. The Morgan fingerprint density at radius 3 is 2.68 bits per heavy atom. The first-order valence-corrected chi connectivity index (χ1v) is 7.76. The van der Waals surface area contributed by atoms with Gasteiger partial charge in [0.05, 0.1) is 13.2 Å². The summed E-state index contributed by atoms with van der Waals surface area (Å²) in [6.45, 7) is 2.24. The van der Waals surface area contributed by atoms with Gasteiger partial charge in [-0.3, -0.25) is 0 Å². The number of aromatic amines is 1. The molecule has 0 unspecified atom stereocenters. The highest BCUT2D eigenvalue weighted by Gasteiger charge is 2.30. The van der Waals surface area contributed by atoms with Gasteiger partial charge in [0, 0.05) is 28.2 Å². The number of rotatable bonds is 2. The summed E-state index contributed by atoms with van der Waals surface area (Å²) >= 11 is 0. The molecule has 112 valence electrons. The smallest absolute Gasteiger partial charge is 0.124 e. The molecule has 0 fully saturated rings. The molecule has 3 nitrogen and oxygen atoms in total. The minimum Gasteiger partial charge on any atom is -0.496 e. The summed E-state index contributed by atoms with van der Waals surface area (Å²) in [7, 11) is 1.73. The van der Waals surface area contributed by atoms with E-state index in [0.29, 0.717) is 6.04 Å². The van der Waals surface area contributed by atoms with Crippen LogP contribution in [0.1, 0.15) is 29.8 Å². The topological polar surface area (TPSA) is 37.0 Å². The summed E-state index contributed by atoms with van der Waals surface area (Å²) < 4.78 is 5.57. The van der Waals surface area contributed by atoms with E-state index in [-0.39, 0.29) is 6.04 Å². The molecule has 1 aromatic heterocycles. The number of hydrogen-bond donors (Lipinski definition) is 2. The van der Waals surface area contributed by atoms with Crippen molar-refractivity contribution in [3.05, 3.63) is 65.4 Å². The Morgan fingerprint density at radius 2 is 1.82 bits per heavy atom. The maximum absolute atomic E-state index is 5.57. The number of para-hydroxylation sites is 2. The molecule has 1 aliphatic rings. The van der Waals surface area contributed by atoms with Gasteiger partial charge in [0.2, 0.25) is 0 Å². The predicted molar refractivity (Wildman–Crippen MR) is 89.4 cm³/mol. The van der Waals surface area contributed by atoms with Crippen LogP contribution >= 0.6 is 0 Å². The van der Waals surface area contributed by atoms with E-state index < -0.39 is 0 Å². The molecule has 1 aliphatic heterocycles. The van der Waals surface area contributed by atoms with Gasteiger partial charge < -0.3 is 15.0 Å². The molecule has 0 bridgehead atoms. The van der Waals surface area contributed by atoms with Crippen LogP contribution in [0.25, 0.3) is 10.9 Å². The highest BCUT2D eigenvalue weighted by atomic mass is 16.5. The monoisotopic (exact) mass is 292 g/mol. The fourth-order valence-electron chi connectivity index (χ4n) is 3.57. The molecule has 0 radical (unpaired) electrons. The molecular weight excluding hydrogens is 272 g/mol. The Kier molecular flexibility index (Phi) is 3.16. The summed E-state index contributed by atoms with van der Waals surface area (Å²) in [6, 6.07) is 17.4. The SMILES string of the molecule is COc1ccccc1[C@H]1N[C@@H](C)Cc2c1[nH]c1ccccc21. The maximum atomic E-state index is 5.57. The van der Waals surface area contributed by atoms with Crippen molar-refractivity contribution in [3.8, 4) is 5.75 Å². The summed E-state index contributed by atoms with van der Waals surface area (Å²) in [4.78, 5) is 3.62. The van der Waals surface area contributed by atoms with Crippen LogP contribution in [0.3, 0.4) is 0 Å². The van der Waals surface area contributed by atoms with E-state index in [9.17, 15) is 0 Å². The molecule has 0 saturated heterocycles. The average Bonchev–Trinajstić information content (AvgIpc) is 2.93.